The molecule has 3 aromatic rings. The lowest BCUT2D eigenvalue weighted by atomic mass is 10.1. The third-order valence-electron chi connectivity index (χ3n) is 5.64. The average molecular weight is 484 g/mol. The number of ether oxygens (including phenoxy) is 2. The Labute approximate surface area is 208 Å². The monoisotopic (exact) mass is 483 g/mol. The van der Waals surface area contributed by atoms with Gasteiger partial charge in [-0.3, -0.25) is 14.4 Å². The SMILES string of the molecule is COc1ccc(C(=O)/C=C2\N=c3ccc(C(=O)NCCc4cccc(C)c4)cc3=NC2=O)cc1OC. The van der Waals surface area contributed by atoms with E-state index in [1.807, 2.05) is 25.1 Å². The van der Waals surface area contributed by atoms with Gasteiger partial charge in [-0.15, -0.1) is 0 Å². The van der Waals surface area contributed by atoms with E-state index in [9.17, 15) is 14.4 Å². The third kappa shape index (κ3) is 5.55. The third-order valence-corrected chi connectivity index (χ3v) is 5.64. The van der Waals surface area contributed by atoms with Gasteiger partial charge >= 0.3 is 0 Å². The molecule has 0 radical (unpaired) electrons. The van der Waals surface area contributed by atoms with Crippen LogP contribution in [0.15, 0.2) is 82.4 Å². The van der Waals surface area contributed by atoms with Crippen LogP contribution in [0.2, 0.25) is 0 Å². The topological polar surface area (TPSA) is 106 Å². The van der Waals surface area contributed by atoms with Gasteiger partial charge in [-0.05, 0) is 55.3 Å². The number of carbonyl (C=O) groups is 3. The van der Waals surface area contributed by atoms with Gasteiger partial charge in [0.15, 0.2) is 17.3 Å². The molecule has 0 fully saturated rings. The van der Waals surface area contributed by atoms with Crippen molar-refractivity contribution in [3.05, 3.63) is 105 Å². The summed E-state index contributed by atoms with van der Waals surface area (Å²) in [5.41, 5.74) is 2.91. The van der Waals surface area contributed by atoms with Gasteiger partial charge in [0.2, 0.25) is 0 Å². The molecule has 0 spiro atoms. The van der Waals surface area contributed by atoms with Gasteiger partial charge in [0.1, 0.15) is 5.70 Å². The van der Waals surface area contributed by atoms with Crippen LogP contribution in [0.5, 0.6) is 11.5 Å². The maximum atomic E-state index is 12.7. The zero-order chi connectivity index (χ0) is 25.7. The van der Waals surface area contributed by atoms with Gasteiger partial charge in [-0.1, -0.05) is 29.8 Å². The van der Waals surface area contributed by atoms with E-state index in [1.54, 1.807) is 24.3 Å². The van der Waals surface area contributed by atoms with Crippen LogP contribution in [-0.2, 0) is 11.2 Å². The van der Waals surface area contributed by atoms with Gasteiger partial charge < -0.3 is 14.8 Å². The highest BCUT2D eigenvalue weighted by molar-refractivity contribution is 6.10. The molecule has 1 N–H and O–H groups in total. The van der Waals surface area contributed by atoms with Crippen molar-refractivity contribution in [3.8, 4) is 11.5 Å². The number of hydrogen-bond donors (Lipinski definition) is 1. The molecule has 0 saturated heterocycles. The number of amides is 2. The van der Waals surface area contributed by atoms with Crippen molar-refractivity contribution in [1.82, 2.24) is 5.32 Å². The normalized spacial score (nSPS) is 13.3. The predicted molar refractivity (Wildman–Crippen MR) is 133 cm³/mol. The van der Waals surface area contributed by atoms with Crippen LogP contribution >= 0.6 is 0 Å². The van der Waals surface area contributed by atoms with E-state index in [0.717, 1.165) is 11.6 Å². The van der Waals surface area contributed by atoms with E-state index in [2.05, 4.69) is 21.4 Å². The van der Waals surface area contributed by atoms with Crippen LogP contribution in [0, 0.1) is 6.92 Å². The van der Waals surface area contributed by atoms with Crippen LogP contribution in [-0.4, -0.2) is 38.4 Å². The lowest BCUT2D eigenvalue weighted by Crippen LogP contribution is -2.34. The highest BCUT2D eigenvalue weighted by Crippen LogP contribution is 2.28. The molecule has 0 unspecified atom stereocenters. The first kappa shape index (κ1) is 24.5. The first-order valence-electron chi connectivity index (χ1n) is 11.3. The van der Waals surface area contributed by atoms with Gasteiger partial charge in [0.25, 0.3) is 11.8 Å². The van der Waals surface area contributed by atoms with Crippen LogP contribution in [0.3, 0.4) is 0 Å². The molecule has 1 aliphatic rings. The molecule has 0 saturated carbocycles. The van der Waals surface area contributed by atoms with Crippen molar-refractivity contribution >= 4 is 17.6 Å². The minimum atomic E-state index is -0.659. The second-order valence-corrected chi connectivity index (χ2v) is 8.19. The number of allylic oxidation sites excluding steroid dienone is 1. The quantitative estimate of drug-likeness (QED) is 0.392. The molecule has 1 heterocycles. The predicted octanol–water partition coefficient (Wildman–Crippen LogP) is 2.53. The number of aryl methyl sites for hydroxylation is 1. The molecule has 0 aliphatic carbocycles. The Morgan fingerprint density at radius 2 is 1.67 bits per heavy atom. The molecule has 0 aromatic heterocycles. The summed E-state index contributed by atoms with van der Waals surface area (Å²) in [6.07, 6.45) is 1.85. The van der Waals surface area contributed by atoms with E-state index >= 15 is 0 Å². The van der Waals surface area contributed by atoms with Crippen molar-refractivity contribution in [3.63, 3.8) is 0 Å². The smallest absolute Gasteiger partial charge is 0.296 e. The number of hydrogen-bond acceptors (Lipinski definition) is 6. The second kappa shape index (κ2) is 10.8. The number of benzene rings is 3. The molecule has 4 rings (SSSR count). The van der Waals surface area contributed by atoms with E-state index in [4.69, 9.17) is 9.47 Å². The number of fused-ring (bicyclic) bond motifs is 1. The molecule has 8 heteroatoms. The van der Waals surface area contributed by atoms with Crippen molar-refractivity contribution < 1.29 is 23.9 Å². The van der Waals surface area contributed by atoms with Crippen LogP contribution in [0.1, 0.15) is 31.8 Å². The fourth-order valence-electron chi connectivity index (χ4n) is 3.77. The fourth-order valence-corrected chi connectivity index (χ4v) is 3.77. The average Bonchev–Trinajstić information content (AvgIpc) is 2.88. The molecule has 36 heavy (non-hydrogen) atoms. The summed E-state index contributed by atoms with van der Waals surface area (Å²) in [5, 5.41) is 3.56. The Morgan fingerprint density at radius 3 is 2.42 bits per heavy atom. The largest absolute Gasteiger partial charge is 0.493 e. The summed E-state index contributed by atoms with van der Waals surface area (Å²) in [6, 6.07) is 17.6. The molecular weight excluding hydrogens is 458 g/mol. The zero-order valence-corrected chi connectivity index (χ0v) is 20.2. The Kier molecular flexibility index (Phi) is 7.34. The molecule has 0 bridgehead atoms. The van der Waals surface area contributed by atoms with Crippen LogP contribution < -0.4 is 25.5 Å². The Hall–Kier alpha value is -4.59. The van der Waals surface area contributed by atoms with Crippen molar-refractivity contribution in [1.29, 1.82) is 0 Å². The fraction of sp³-hybridized carbons (Fsp3) is 0.179. The first-order chi connectivity index (χ1) is 17.4. The molecule has 3 aromatic carbocycles. The van der Waals surface area contributed by atoms with Crippen LogP contribution in [0.4, 0.5) is 0 Å². The highest BCUT2D eigenvalue weighted by Gasteiger charge is 2.17. The Balaban J connectivity index is 1.49. The van der Waals surface area contributed by atoms with Crippen molar-refractivity contribution in [2.45, 2.75) is 13.3 Å². The summed E-state index contributed by atoms with van der Waals surface area (Å²) >= 11 is 0. The van der Waals surface area contributed by atoms with Crippen LogP contribution in [0.25, 0.3) is 0 Å². The minimum absolute atomic E-state index is 0.0855. The first-order valence-corrected chi connectivity index (χ1v) is 11.3. The summed E-state index contributed by atoms with van der Waals surface area (Å²) < 4.78 is 10.4. The number of rotatable bonds is 8. The van der Waals surface area contributed by atoms with Crippen molar-refractivity contribution in [2.75, 3.05) is 20.8 Å². The maximum absolute atomic E-state index is 12.7. The number of methoxy groups -OCH3 is 2. The molecule has 182 valence electrons. The van der Waals surface area contributed by atoms with Gasteiger partial charge in [0, 0.05) is 23.7 Å². The van der Waals surface area contributed by atoms with E-state index in [-0.39, 0.29) is 17.0 Å². The standard InChI is InChI=1S/C28H25N3O5/c1-17-5-4-6-18(13-17)11-12-29-27(33)20-7-9-21-22(14-20)31-28(34)23(30-21)16-24(32)19-8-10-25(35-2)26(15-19)36-3/h4-10,13-16H,11-12H2,1-3H3,(H,29,33)/b23-16-. The summed E-state index contributed by atoms with van der Waals surface area (Å²) in [6.45, 7) is 2.50. The lowest BCUT2D eigenvalue weighted by Gasteiger charge is -2.09. The number of nitrogens with zero attached hydrogens (tertiary/aromatic N) is 2. The summed E-state index contributed by atoms with van der Waals surface area (Å²) in [4.78, 5) is 46.2. The van der Waals surface area contributed by atoms with Gasteiger partial charge in [-0.25, -0.2) is 9.98 Å². The summed E-state index contributed by atoms with van der Waals surface area (Å²) in [5.74, 6) is -0.467. The van der Waals surface area contributed by atoms with Gasteiger partial charge in [0.05, 0.1) is 24.9 Å². The molecule has 2 amide bonds. The number of nitrogens with one attached hydrogen (secondary N) is 1. The van der Waals surface area contributed by atoms with E-state index in [1.165, 1.54) is 31.9 Å². The number of carbonyl (C=O) groups excluding carboxylic acids is 3. The van der Waals surface area contributed by atoms with E-state index in [0.29, 0.717) is 40.9 Å². The molecular formula is C28H25N3O5. The maximum Gasteiger partial charge on any atom is 0.296 e. The lowest BCUT2D eigenvalue weighted by molar-refractivity contribution is -0.114. The molecule has 8 nitrogen and oxygen atoms in total. The molecule has 1 aliphatic heterocycles. The second-order valence-electron chi connectivity index (χ2n) is 8.19. The van der Waals surface area contributed by atoms with Gasteiger partial charge in [-0.2, -0.15) is 0 Å². The van der Waals surface area contributed by atoms with Crippen molar-refractivity contribution in [2.24, 2.45) is 9.98 Å². The Bertz CT molecular complexity index is 1510. The molecule has 0 atom stereocenters. The zero-order valence-electron chi connectivity index (χ0n) is 20.2. The van der Waals surface area contributed by atoms with E-state index < -0.39 is 11.7 Å². The summed E-state index contributed by atoms with van der Waals surface area (Å²) in [7, 11) is 2.97. The highest BCUT2D eigenvalue weighted by atomic mass is 16.5. The Morgan fingerprint density at radius 1 is 0.889 bits per heavy atom. The number of ketones is 1. The minimum Gasteiger partial charge on any atom is -0.493 e.